The summed E-state index contributed by atoms with van der Waals surface area (Å²) >= 11 is 1.95. The van der Waals surface area contributed by atoms with Crippen molar-refractivity contribution in [3.8, 4) is 11.5 Å². The number of carbonyl (C=O) groups is 2. The molecular weight excluding hydrogens is 468 g/mol. The van der Waals surface area contributed by atoms with Crippen LogP contribution in [0.3, 0.4) is 0 Å². The highest BCUT2D eigenvalue weighted by molar-refractivity contribution is 14.1. The topological polar surface area (TPSA) is 100 Å². The van der Waals surface area contributed by atoms with Gasteiger partial charge in [0.25, 0.3) is 0 Å². The lowest BCUT2D eigenvalue weighted by Gasteiger charge is -2.06. The van der Waals surface area contributed by atoms with E-state index in [9.17, 15) is 19.1 Å². The lowest BCUT2D eigenvalue weighted by molar-refractivity contribution is -0.124. The second kappa shape index (κ2) is 9.86. The fourth-order valence-corrected chi connectivity index (χ4v) is 2.69. The van der Waals surface area contributed by atoms with E-state index >= 15 is 0 Å². The lowest BCUT2D eigenvalue weighted by atomic mass is 10.2. The number of para-hydroxylation sites is 1. The Bertz CT molecular complexity index is 874. The predicted molar refractivity (Wildman–Crippen MR) is 107 cm³/mol. The van der Waals surface area contributed by atoms with Gasteiger partial charge < -0.3 is 15.2 Å². The van der Waals surface area contributed by atoms with Gasteiger partial charge >= 0.3 is 0 Å². The maximum atomic E-state index is 13.4. The number of phenols is 1. The predicted octanol–water partition coefficient (Wildman–Crippen LogP) is 3.01. The van der Waals surface area contributed by atoms with Crippen LogP contribution in [0.15, 0.2) is 41.5 Å². The van der Waals surface area contributed by atoms with Crippen LogP contribution in [0.25, 0.3) is 0 Å². The molecule has 0 heterocycles. The van der Waals surface area contributed by atoms with Gasteiger partial charge in [0.15, 0.2) is 11.5 Å². The van der Waals surface area contributed by atoms with Crippen LogP contribution >= 0.6 is 22.6 Å². The molecule has 142 valence electrons. The van der Waals surface area contributed by atoms with Crippen molar-refractivity contribution < 1.29 is 23.8 Å². The minimum Gasteiger partial charge on any atom is -0.504 e. The van der Waals surface area contributed by atoms with E-state index in [2.05, 4.69) is 15.8 Å². The van der Waals surface area contributed by atoms with Gasteiger partial charge in [0.2, 0.25) is 11.8 Å². The number of anilines is 1. The number of phenolic OH excluding ortho intramolecular Hbond substituents is 1. The lowest BCUT2D eigenvalue weighted by Crippen LogP contribution is -2.21. The van der Waals surface area contributed by atoms with E-state index in [4.69, 9.17) is 4.74 Å². The van der Waals surface area contributed by atoms with E-state index < -0.39 is 17.6 Å². The number of hydrazone groups is 1. The number of carbonyl (C=O) groups excluding carboxylic acids is 2. The minimum absolute atomic E-state index is 0.0279. The molecule has 27 heavy (non-hydrogen) atoms. The molecule has 0 bridgehead atoms. The molecule has 3 N–H and O–H groups in total. The molecule has 0 aliphatic heterocycles. The molecule has 0 aliphatic rings. The fraction of sp³-hybridized carbons (Fsp3) is 0.167. The quantitative estimate of drug-likeness (QED) is 0.319. The van der Waals surface area contributed by atoms with Crippen LogP contribution in [0.1, 0.15) is 18.4 Å². The van der Waals surface area contributed by atoms with E-state index in [1.807, 2.05) is 22.6 Å². The van der Waals surface area contributed by atoms with E-state index in [-0.39, 0.29) is 24.3 Å². The van der Waals surface area contributed by atoms with Gasteiger partial charge in [-0.1, -0.05) is 12.1 Å². The summed E-state index contributed by atoms with van der Waals surface area (Å²) in [6.45, 7) is 0. The molecule has 2 aromatic rings. The summed E-state index contributed by atoms with van der Waals surface area (Å²) in [5.41, 5.74) is 2.99. The summed E-state index contributed by atoms with van der Waals surface area (Å²) in [5.74, 6) is -1.16. The summed E-state index contributed by atoms with van der Waals surface area (Å²) in [6.07, 6.45) is 1.18. The largest absolute Gasteiger partial charge is 0.504 e. The molecule has 2 aromatic carbocycles. The molecule has 0 aliphatic carbocycles. The highest BCUT2D eigenvalue weighted by Gasteiger charge is 2.10. The summed E-state index contributed by atoms with van der Waals surface area (Å²) in [6, 6.07) is 9.01. The summed E-state index contributed by atoms with van der Waals surface area (Å²) in [4.78, 5) is 23.5. The Morgan fingerprint density at radius 2 is 1.96 bits per heavy atom. The number of hydrogen-bond acceptors (Lipinski definition) is 5. The molecule has 0 atom stereocenters. The van der Waals surface area contributed by atoms with Gasteiger partial charge in [-0.3, -0.25) is 9.59 Å². The van der Waals surface area contributed by atoms with Crippen LogP contribution in [0, 0.1) is 9.39 Å². The van der Waals surface area contributed by atoms with Crippen LogP contribution < -0.4 is 15.5 Å². The molecule has 0 aromatic heterocycles. The molecule has 2 rings (SSSR count). The van der Waals surface area contributed by atoms with Gasteiger partial charge in [0.1, 0.15) is 5.82 Å². The van der Waals surface area contributed by atoms with Gasteiger partial charge in [-0.05, 0) is 52.4 Å². The highest BCUT2D eigenvalue weighted by Crippen LogP contribution is 2.31. The van der Waals surface area contributed by atoms with Crippen LogP contribution in [-0.2, 0) is 9.59 Å². The van der Waals surface area contributed by atoms with Crippen molar-refractivity contribution in [1.29, 1.82) is 0 Å². The Morgan fingerprint density at radius 3 is 2.67 bits per heavy atom. The van der Waals surface area contributed by atoms with Crippen LogP contribution in [0.5, 0.6) is 11.5 Å². The third-order valence-corrected chi connectivity index (χ3v) is 4.22. The van der Waals surface area contributed by atoms with E-state index in [1.54, 1.807) is 18.2 Å². The van der Waals surface area contributed by atoms with Crippen molar-refractivity contribution in [2.24, 2.45) is 5.10 Å². The third kappa shape index (κ3) is 6.20. The molecular formula is C18H17FIN3O4. The second-order valence-electron chi connectivity index (χ2n) is 5.37. The number of nitrogens with zero attached hydrogens (tertiary/aromatic N) is 1. The summed E-state index contributed by atoms with van der Waals surface area (Å²) in [5, 5.41) is 16.0. The Kier molecular flexibility index (Phi) is 7.53. The number of ether oxygens (including phenoxy) is 1. The zero-order valence-corrected chi connectivity index (χ0v) is 16.5. The maximum absolute atomic E-state index is 13.4. The van der Waals surface area contributed by atoms with Gasteiger partial charge in [0.05, 0.1) is 22.6 Å². The number of rotatable bonds is 7. The van der Waals surface area contributed by atoms with Crippen molar-refractivity contribution in [2.75, 3.05) is 12.4 Å². The van der Waals surface area contributed by atoms with Gasteiger partial charge in [0, 0.05) is 12.8 Å². The van der Waals surface area contributed by atoms with Crippen molar-refractivity contribution in [2.45, 2.75) is 12.8 Å². The van der Waals surface area contributed by atoms with Crippen LogP contribution in [-0.4, -0.2) is 30.2 Å². The number of hydrogen-bond donors (Lipinski definition) is 3. The first kappa shape index (κ1) is 20.6. The Labute approximate surface area is 168 Å². The van der Waals surface area contributed by atoms with Crippen molar-refractivity contribution in [3.05, 3.63) is 51.3 Å². The number of aromatic hydroxyl groups is 1. The molecule has 0 fully saturated rings. The third-order valence-electron chi connectivity index (χ3n) is 3.40. The zero-order chi connectivity index (χ0) is 19.8. The maximum Gasteiger partial charge on any atom is 0.240 e. The van der Waals surface area contributed by atoms with Gasteiger partial charge in [-0.15, -0.1) is 0 Å². The molecule has 0 saturated heterocycles. The van der Waals surface area contributed by atoms with E-state index in [1.165, 1.54) is 31.5 Å². The monoisotopic (exact) mass is 485 g/mol. The SMILES string of the molecule is COc1cc(C=NNC(=O)CCC(=O)Nc2ccccc2F)cc(I)c1O. The number of amides is 2. The van der Waals surface area contributed by atoms with E-state index in [0.29, 0.717) is 14.9 Å². The summed E-state index contributed by atoms with van der Waals surface area (Å²) < 4.78 is 19.1. The first-order valence-electron chi connectivity index (χ1n) is 7.83. The molecule has 9 heteroatoms. The molecule has 0 unspecified atom stereocenters. The highest BCUT2D eigenvalue weighted by atomic mass is 127. The van der Waals surface area contributed by atoms with Crippen LogP contribution in [0.2, 0.25) is 0 Å². The number of methoxy groups -OCH3 is 1. The van der Waals surface area contributed by atoms with Crippen LogP contribution in [0.4, 0.5) is 10.1 Å². The van der Waals surface area contributed by atoms with Crippen molar-refractivity contribution in [1.82, 2.24) is 5.43 Å². The number of nitrogens with one attached hydrogen (secondary N) is 2. The minimum atomic E-state index is -0.543. The molecule has 0 spiro atoms. The van der Waals surface area contributed by atoms with Gasteiger partial charge in [-0.25, -0.2) is 9.82 Å². The normalized spacial score (nSPS) is 10.6. The Balaban J connectivity index is 1.82. The Hall–Kier alpha value is -2.69. The first-order chi connectivity index (χ1) is 12.9. The average molecular weight is 485 g/mol. The van der Waals surface area contributed by atoms with Crippen molar-refractivity contribution in [3.63, 3.8) is 0 Å². The van der Waals surface area contributed by atoms with E-state index in [0.717, 1.165) is 0 Å². The summed E-state index contributed by atoms with van der Waals surface area (Å²) in [7, 11) is 1.43. The molecule has 7 nitrogen and oxygen atoms in total. The first-order valence-corrected chi connectivity index (χ1v) is 8.91. The molecule has 2 amide bonds. The van der Waals surface area contributed by atoms with Crippen molar-refractivity contribution >= 4 is 46.3 Å². The smallest absolute Gasteiger partial charge is 0.240 e. The number of halogens is 2. The molecule has 0 radical (unpaired) electrons. The standard InChI is InChI=1S/C18H17FIN3O4/c1-27-15-9-11(8-13(20)18(15)26)10-21-23-17(25)7-6-16(24)22-14-5-3-2-4-12(14)19/h2-5,8-10,26H,6-7H2,1H3,(H,22,24)(H,23,25). The zero-order valence-electron chi connectivity index (χ0n) is 14.3. The van der Waals surface area contributed by atoms with Gasteiger partial charge in [-0.2, -0.15) is 5.10 Å². The molecule has 0 saturated carbocycles. The average Bonchev–Trinajstić information content (AvgIpc) is 2.64. The second-order valence-corrected chi connectivity index (χ2v) is 6.54. The fourth-order valence-electron chi connectivity index (χ4n) is 2.06. The Morgan fingerprint density at radius 1 is 1.26 bits per heavy atom. The number of benzene rings is 2.